The quantitative estimate of drug-likeness (QED) is 0.786. The van der Waals surface area contributed by atoms with E-state index < -0.39 is 0 Å². The van der Waals surface area contributed by atoms with Crippen LogP contribution in [-0.2, 0) is 13.0 Å². The van der Waals surface area contributed by atoms with Crippen LogP contribution in [0.3, 0.4) is 0 Å². The van der Waals surface area contributed by atoms with Crippen molar-refractivity contribution in [1.82, 2.24) is 5.32 Å². The molecular formula is C17H19BrClN. The first-order valence-electron chi connectivity index (χ1n) is 6.77. The molecular weight excluding hydrogens is 334 g/mol. The predicted molar refractivity (Wildman–Crippen MR) is 90.3 cm³/mol. The van der Waals surface area contributed by atoms with Gasteiger partial charge in [-0.3, -0.25) is 0 Å². The summed E-state index contributed by atoms with van der Waals surface area (Å²) in [5, 5.41) is 4.35. The topological polar surface area (TPSA) is 12.0 Å². The van der Waals surface area contributed by atoms with Crippen LogP contribution in [0.5, 0.6) is 0 Å². The van der Waals surface area contributed by atoms with Crippen LogP contribution >= 0.6 is 27.5 Å². The molecule has 0 saturated carbocycles. The molecule has 106 valence electrons. The molecule has 1 nitrogen and oxygen atoms in total. The normalized spacial score (nSPS) is 12.4. The van der Waals surface area contributed by atoms with Crippen molar-refractivity contribution in [3.63, 3.8) is 0 Å². The van der Waals surface area contributed by atoms with Crippen molar-refractivity contribution in [2.45, 2.75) is 32.9 Å². The Labute approximate surface area is 134 Å². The van der Waals surface area contributed by atoms with Gasteiger partial charge in [0.05, 0.1) is 0 Å². The third-order valence-corrected chi connectivity index (χ3v) is 4.41. The van der Waals surface area contributed by atoms with Gasteiger partial charge in [-0.05, 0) is 55.2 Å². The highest BCUT2D eigenvalue weighted by molar-refractivity contribution is 9.10. The molecule has 2 aromatic carbocycles. The standard InChI is InChI=1S/C17H19BrClN/c1-12-6-7-15(10-17(12)18)11-20-13(2)8-14-4-3-5-16(19)9-14/h3-7,9-10,13,20H,8,11H2,1-2H3. The zero-order chi connectivity index (χ0) is 14.5. The van der Waals surface area contributed by atoms with Crippen LogP contribution in [0.4, 0.5) is 0 Å². The van der Waals surface area contributed by atoms with Crippen molar-refractivity contribution < 1.29 is 0 Å². The van der Waals surface area contributed by atoms with E-state index in [0.717, 1.165) is 18.0 Å². The maximum absolute atomic E-state index is 6.01. The molecule has 0 aromatic heterocycles. The largest absolute Gasteiger partial charge is 0.310 e. The summed E-state index contributed by atoms with van der Waals surface area (Å²) >= 11 is 9.58. The van der Waals surface area contributed by atoms with Crippen molar-refractivity contribution in [2.75, 3.05) is 0 Å². The van der Waals surface area contributed by atoms with Gasteiger partial charge >= 0.3 is 0 Å². The van der Waals surface area contributed by atoms with Crippen molar-refractivity contribution in [1.29, 1.82) is 0 Å². The first-order valence-corrected chi connectivity index (χ1v) is 7.94. The van der Waals surface area contributed by atoms with E-state index in [1.54, 1.807) is 0 Å². The fourth-order valence-electron chi connectivity index (χ4n) is 2.13. The monoisotopic (exact) mass is 351 g/mol. The third kappa shape index (κ3) is 4.62. The fraction of sp³-hybridized carbons (Fsp3) is 0.294. The Bertz CT molecular complexity index is 583. The molecule has 3 heteroatoms. The van der Waals surface area contributed by atoms with Crippen molar-refractivity contribution in [3.8, 4) is 0 Å². The lowest BCUT2D eigenvalue weighted by Crippen LogP contribution is -2.27. The lowest BCUT2D eigenvalue weighted by Gasteiger charge is -2.14. The summed E-state index contributed by atoms with van der Waals surface area (Å²) in [5.41, 5.74) is 3.82. The highest BCUT2D eigenvalue weighted by atomic mass is 79.9. The molecule has 0 radical (unpaired) electrons. The molecule has 0 aliphatic heterocycles. The summed E-state index contributed by atoms with van der Waals surface area (Å²) in [5.74, 6) is 0. The van der Waals surface area contributed by atoms with Gasteiger partial charge in [-0.15, -0.1) is 0 Å². The summed E-state index contributed by atoms with van der Waals surface area (Å²) in [7, 11) is 0. The van der Waals surface area contributed by atoms with Crippen LogP contribution in [0.15, 0.2) is 46.9 Å². The molecule has 0 bridgehead atoms. The molecule has 0 amide bonds. The summed E-state index contributed by atoms with van der Waals surface area (Å²) < 4.78 is 1.17. The highest BCUT2D eigenvalue weighted by Gasteiger charge is 2.04. The zero-order valence-electron chi connectivity index (χ0n) is 11.8. The fourth-order valence-corrected chi connectivity index (χ4v) is 2.77. The molecule has 0 fully saturated rings. The van der Waals surface area contributed by atoms with Crippen LogP contribution in [0, 0.1) is 6.92 Å². The molecule has 0 aliphatic carbocycles. The average molecular weight is 353 g/mol. The second kappa shape index (κ2) is 7.26. The second-order valence-corrected chi connectivity index (χ2v) is 6.49. The van der Waals surface area contributed by atoms with Gasteiger partial charge in [0.2, 0.25) is 0 Å². The molecule has 1 atom stereocenters. The average Bonchev–Trinajstić information content (AvgIpc) is 2.40. The Balaban J connectivity index is 1.88. The molecule has 2 rings (SSSR count). The van der Waals surface area contributed by atoms with Crippen molar-refractivity contribution in [3.05, 3.63) is 68.7 Å². The van der Waals surface area contributed by atoms with E-state index in [9.17, 15) is 0 Å². The van der Waals surface area contributed by atoms with Crippen molar-refractivity contribution >= 4 is 27.5 Å². The number of hydrogen-bond acceptors (Lipinski definition) is 1. The van der Waals surface area contributed by atoms with Gasteiger partial charge < -0.3 is 5.32 Å². The Morgan fingerprint density at radius 1 is 1.15 bits per heavy atom. The number of halogens is 2. The van der Waals surface area contributed by atoms with Crippen LogP contribution < -0.4 is 5.32 Å². The summed E-state index contributed by atoms with van der Waals surface area (Å²) in [4.78, 5) is 0. The molecule has 0 spiro atoms. The second-order valence-electron chi connectivity index (χ2n) is 5.20. The van der Waals surface area contributed by atoms with E-state index >= 15 is 0 Å². The summed E-state index contributed by atoms with van der Waals surface area (Å²) in [6.07, 6.45) is 0.980. The third-order valence-electron chi connectivity index (χ3n) is 3.32. The number of benzene rings is 2. The van der Waals surface area contributed by atoms with E-state index in [4.69, 9.17) is 11.6 Å². The number of hydrogen-bond donors (Lipinski definition) is 1. The minimum absolute atomic E-state index is 0.411. The van der Waals surface area contributed by atoms with E-state index in [0.29, 0.717) is 6.04 Å². The van der Waals surface area contributed by atoms with Crippen LogP contribution in [0.1, 0.15) is 23.6 Å². The number of rotatable bonds is 5. The minimum atomic E-state index is 0.411. The molecule has 0 heterocycles. The van der Waals surface area contributed by atoms with Crippen molar-refractivity contribution in [2.24, 2.45) is 0 Å². The number of aryl methyl sites for hydroxylation is 1. The van der Waals surface area contributed by atoms with Gasteiger partial charge in [0, 0.05) is 22.1 Å². The van der Waals surface area contributed by atoms with Gasteiger partial charge in [-0.2, -0.15) is 0 Å². The maximum Gasteiger partial charge on any atom is 0.0408 e. The smallest absolute Gasteiger partial charge is 0.0408 e. The molecule has 1 unspecified atom stereocenters. The molecule has 0 saturated heterocycles. The Morgan fingerprint density at radius 2 is 1.95 bits per heavy atom. The molecule has 20 heavy (non-hydrogen) atoms. The van der Waals surface area contributed by atoms with Gasteiger partial charge in [0.1, 0.15) is 0 Å². The highest BCUT2D eigenvalue weighted by Crippen LogP contribution is 2.17. The lowest BCUT2D eigenvalue weighted by molar-refractivity contribution is 0.545. The summed E-state index contributed by atoms with van der Waals surface area (Å²) in [6.45, 7) is 5.17. The lowest BCUT2D eigenvalue weighted by atomic mass is 10.1. The van der Waals surface area contributed by atoms with E-state index in [1.807, 2.05) is 18.2 Å². The van der Waals surface area contributed by atoms with Gasteiger partial charge in [-0.25, -0.2) is 0 Å². The first kappa shape index (κ1) is 15.6. The van der Waals surface area contributed by atoms with E-state index in [2.05, 4.69) is 59.4 Å². The predicted octanol–water partition coefficient (Wildman–Crippen LogP) is 5.13. The molecule has 1 N–H and O–H groups in total. The van der Waals surface area contributed by atoms with Gasteiger partial charge in [0.15, 0.2) is 0 Å². The van der Waals surface area contributed by atoms with Crippen LogP contribution in [0.2, 0.25) is 5.02 Å². The first-order chi connectivity index (χ1) is 9.54. The maximum atomic E-state index is 6.01. The van der Waals surface area contributed by atoms with Crippen LogP contribution in [-0.4, -0.2) is 6.04 Å². The molecule has 0 aliphatic rings. The van der Waals surface area contributed by atoms with E-state index in [-0.39, 0.29) is 0 Å². The Morgan fingerprint density at radius 3 is 2.65 bits per heavy atom. The molecule has 2 aromatic rings. The van der Waals surface area contributed by atoms with Gasteiger partial charge in [-0.1, -0.05) is 51.8 Å². The van der Waals surface area contributed by atoms with E-state index in [1.165, 1.54) is 21.2 Å². The SMILES string of the molecule is Cc1ccc(CNC(C)Cc2cccc(Cl)c2)cc1Br. The Hall–Kier alpha value is -0.830. The Kier molecular flexibility index (Phi) is 5.64. The zero-order valence-corrected chi connectivity index (χ0v) is 14.1. The number of nitrogens with one attached hydrogen (secondary N) is 1. The van der Waals surface area contributed by atoms with Crippen LogP contribution in [0.25, 0.3) is 0 Å². The van der Waals surface area contributed by atoms with Gasteiger partial charge in [0.25, 0.3) is 0 Å². The minimum Gasteiger partial charge on any atom is -0.310 e. The summed E-state index contributed by atoms with van der Waals surface area (Å²) in [6, 6.07) is 15.0.